The van der Waals surface area contributed by atoms with Crippen LogP contribution < -0.4 is 5.32 Å². The second-order valence-electron chi connectivity index (χ2n) is 5.41. The smallest absolute Gasteiger partial charge is 0.123 e. The maximum absolute atomic E-state index is 13.2. The first-order chi connectivity index (χ1) is 7.98. The van der Waals surface area contributed by atoms with Gasteiger partial charge in [-0.15, -0.1) is 0 Å². The lowest BCUT2D eigenvalue weighted by molar-refractivity contribution is 0.307. The lowest BCUT2D eigenvalue weighted by Gasteiger charge is -2.27. The Balaban J connectivity index is 2.66. The van der Waals surface area contributed by atoms with Gasteiger partial charge in [0, 0.05) is 12.6 Å². The fourth-order valence-electron chi connectivity index (χ4n) is 1.75. The molecule has 17 heavy (non-hydrogen) atoms. The molecule has 0 amide bonds. The Morgan fingerprint density at radius 3 is 2.53 bits per heavy atom. The topological polar surface area (TPSA) is 12.0 Å². The number of hydrogen-bond acceptors (Lipinski definition) is 1. The summed E-state index contributed by atoms with van der Waals surface area (Å²) in [5.41, 5.74) is 1.33. The first-order valence-corrected chi connectivity index (χ1v) is 6.47. The summed E-state index contributed by atoms with van der Waals surface area (Å²) in [5, 5.41) is 3.54. The summed E-state index contributed by atoms with van der Waals surface area (Å²) >= 11 is 0. The van der Waals surface area contributed by atoms with E-state index in [-0.39, 0.29) is 11.9 Å². The van der Waals surface area contributed by atoms with Crippen molar-refractivity contribution in [3.8, 4) is 0 Å². The second-order valence-corrected chi connectivity index (χ2v) is 5.41. The van der Waals surface area contributed by atoms with E-state index in [4.69, 9.17) is 0 Å². The molecule has 1 aromatic rings. The van der Waals surface area contributed by atoms with Gasteiger partial charge >= 0.3 is 0 Å². The van der Waals surface area contributed by atoms with Gasteiger partial charge in [0.05, 0.1) is 0 Å². The van der Waals surface area contributed by atoms with Crippen LogP contribution in [0.2, 0.25) is 0 Å². The van der Waals surface area contributed by atoms with Crippen molar-refractivity contribution in [3.05, 3.63) is 35.6 Å². The van der Waals surface area contributed by atoms with Crippen LogP contribution in [0.5, 0.6) is 0 Å². The number of hydrogen-bond donors (Lipinski definition) is 1. The van der Waals surface area contributed by atoms with Crippen molar-refractivity contribution in [2.45, 2.75) is 46.6 Å². The lowest BCUT2D eigenvalue weighted by Crippen LogP contribution is -2.31. The van der Waals surface area contributed by atoms with E-state index in [1.807, 2.05) is 6.07 Å². The van der Waals surface area contributed by atoms with Gasteiger partial charge in [0.2, 0.25) is 0 Å². The molecule has 0 aliphatic carbocycles. The molecule has 0 aromatic heterocycles. The third-order valence-corrected chi connectivity index (χ3v) is 3.44. The molecule has 0 saturated heterocycles. The summed E-state index contributed by atoms with van der Waals surface area (Å²) in [7, 11) is 0. The second kappa shape index (κ2) is 6.15. The van der Waals surface area contributed by atoms with Gasteiger partial charge in [0.25, 0.3) is 0 Å². The fourth-order valence-corrected chi connectivity index (χ4v) is 1.75. The zero-order valence-electron chi connectivity index (χ0n) is 11.4. The van der Waals surface area contributed by atoms with E-state index in [0.29, 0.717) is 5.41 Å². The van der Waals surface area contributed by atoms with Crippen LogP contribution in [0.3, 0.4) is 0 Å². The minimum Gasteiger partial charge on any atom is -0.309 e. The van der Waals surface area contributed by atoms with E-state index in [0.717, 1.165) is 24.9 Å². The fraction of sp³-hybridized carbons (Fsp3) is 0.600. The van der Waals surface area contributed by atoms with Gasteiger partial charge in [-0.3, -0.25) is 0 Å². The number of rotatable bonds is 6. The van der Waals surface area contributed by atoms with Gasteiger partial charge in [-0.25, -0.2) is 4.39 Å². The zero-order valence-corrected chi connectivity index (χ0v) is 11.4. The molecule has 0 saturated carbocycles. The predicted molar refractivity (Wildman–Crippen MR) is 71.5 cm³/mol. The maximum Gasteiger partial charge on any atom is 0.123 e. The lowest BCUT2D eigenvalue weighted by atomic mass is 9.89. The van der Waals surface area contributed by atoms with Crippen molar-refractivity contribution in [3.63, 3.8) is 0 Å². The van der Waals surface area contributed by atoms with Gasteiger partial charge in [-0.1, -0.05) is 39.8 Å². The van der Waals surface area contributed by atoms with E-state index < -0.39 is 0 Å². The van der Waals surface area contributed by atoms with Crippen LogP contribution in [-0.2, 0) is 0 Å². The van der Waals surface area contributed by atoms with Crippen LogP contribution in [0.4, 0.5) is 4.39 Å². The molecular formula is C15H24FN. The van der Waals surface area contributed by atoms with E-state index >= 15 is 0 Å². The molecule has 96 valence electrons. The van der Waals surface area contributed by atoms with Gasteiger partial charge < -0.3 is 5.32 Å². The Kier molecular flexibility index (Phi) is 5.13. The Bertz CT molecular complexity index is 347. The van der Waals surface area contributed by atoms with Crippen LogP contribution in [0.15, 0.2) is 24.3 Å². The first-order valence-electron chi connectivity index (χ1n) is 6.47. The molecule has 1 unspecified atom stereocenters. The highest BCUT2D eigenvalue weighted by molar-refractivity contribution is 5.20. The molecule has 2 heteroatoms. The molecule has 0 spiro atoms. The first kappa shape index (κ1) is 14.2. The number of benzene rings is 1. The van der Waals surface area contributed by atoms with Crippen molar-refractivity contribution >= 4 is 0 Å². The van der Waals surface area contributed by atoms with Crippen LogP contribution in [0.25, 0.3) is 0 Å². The summed E-state index contributed by atoms with van der Waals surface area (Å²) in [6.45, 7) is 9.78. The van der Waals surface area contributed by atoms with Crippen LogP contribution in [0.1, 0.15) is 52.1 Å². The molecule has 0 radical (unpaired) electrons. The monoisotopic (exact) mass is 237 g/mol. The molecule has 1 N–H and O–H groups in total. The highest BCUT2D eigenvalue weighted by Gasteiger charge is 2.17. The third kappa shape index (κ3) is 4.47. The summed E-state index contributed by atoms with van der Waals surface area (Å²) in [5.74, 6) is -0.155. The predicted octanol–water partition coefficient (Wildman–Crippen LogP) is 4.30. The Morgan fingerprint density at radius 2 is 2.00 bits per heavy atom. The van der Waals surface area contributed by atoms with Crippen molar-refractivity contribution in [1.82, 2.24) is 5.32 Å². The molecule has 0 heterocycles. The summed E-state index contributed by atoms with van der Waals surface area (Å²) in [6, 6.07) is 7.13. The highest BCUT2D eigenvalue weighted by Crippen LogP contribution is 2.22. The van der Waals surface area contributed by atoms with Crippen molar-refractivity contribution in [2.24, 2.45) is 5.41 Å². The molecule has 1 nitrogen and oxygen atoms in total. The Hall–Kier alpha value is -0.890. The van der Waals surface area contributed by atoms with Gasteiger partial charge in [-0.2, -0.15) is 0 Å². The van der Waals surface area contributed by atoms with Crippen LogP contribution in [0, 0.1) is 11.2 Å². The SMILES string of the molecule is CCC(NCC(C)(C)CC)c1cccc(F)c1. The number of halogens is 1. The normalized spacial score (nSPS) is 13.7. The van der Waals surface area contributed by atoms with Gasteiger partial charge in [0.1, 0.15) is 5.82 Å². The maximum atomic E-state index is 13.2. The molecule has 1 rings (SSSR count). The van der Waals surface area contributed by atoms with Crippen molar-refractivity contribution in [1.29, 1.82) is 0 Å². The molecule has 0 bridgehead atoms. The molecule has 1 aromatic carbocycles. The zero-order chi connectivity index (χ0) is 12.9. The van der Waals surface area contributed by atoms with E-state index in [1.165, 1.54) is 6.07 Å². The highest BCUT2D eigenvalue weighted by atomic mass is 19.1. The standard InChI is InChI=1S/C15H24FN/c1-5-14(17-11-15(3,4)6-2)12-8-7-9-13(16)10-12/h7-10,14,17H,5-6,11H2,1-4H3. The molecular weight excluding hydrogens is 213 g/mol. The summed E-state index contributed by atoms with van der Waals surface area (Å²) < 4.78 is 13.2. The van der Waals surface area contributed by atoms with Crippen LogP contribution >= 0.6 is 0 Å². The van der Waals surface area contributed by atoms with E-state index in [1.54, 1.807) is 12.1 Å². The number of nitrogens with one attached hydrogen (secondary N) is 1. The minimum absolute atomic E-state index is 0.155. The third-order valence-electron chi connectivity index (χ3n) is 3.44. The van der Waals surface area contributed by atoms with E-state index in [9.17, 15) is 4.39 Å². The average molecular weight is 237 g/mol. The van der Waals surface area contributed by atoms with Gasteiger partial charge in [-0.05, 0) is 36.0 Å². The summed E-state index contributed by atoms with van der Waals surface area (Å²) in [6.07, 6.45) is 2.11. The Morgan fingerprint density at radius 1 is 1.29 bits per heavy atom. The van der Waals surface area contributed by atoms with Crippen molar-refractivity contribution < 1.29 is 4.39 Å². The summed E-state index contributed by atoms with van der Waals surface area (Å²) in [4.78, 5) is 0. The largest absolute Gasteiger partial charge is 0.309 e. The molecule has 0 aliphatic rings. The molecule has 0 aliphatic heterocycles. The average Bonchev–Trinajstić information content (AvgIpc) is 2.30. The van der Waals surface area contributed by atoms with Crippen molar-refractivity contribution in [2.75, 3.05) is 6.54 Å². The Labute approximate surface area is 104 Å². The molecule has 0 fully saturated rings. The minimum atomic E-state index is -0.155. The van der Waals surface area contributed by atoms with Crippen LogP contribution in [-0.4, -0.2) is 6.54 Å². The van der Waals surface area contributed by atoms with E-state index in [2.05, 4.69) is 33.0 Å². The van der Waals surface area contributed by atoms with Gasteiger partial charge in [0.15, 0.2) is 0 Å². The molecule has 1 atom stereocenters. The quantitative estimate of drug-likeness (QED) is 0.777.